The van der Waals surface area contributed by atoms with Crippen LogP contribution >= 0.6 is 0 Å². The molecule has 0 bridgehead atoms. The van der Waals surface area contributed by atoms with Crippen molar-refractivity contribution in [2.24, 2.45) is 5.92 Å². The third kappa shape index (κ3) is 4.45. The van der Waals surface area contributed by atoms with Crippen molar-refractivity contribution in [1.82, 2.24) is 9.88 Å². The number of hydrogen-bond acceptors (Lipinski definition) is 3. The van der Waals surface area contributed by atoms with Crippen LogP contribution in [0, 0.1) is 5.92 Å². The minimum Gasteiger partial charge on any atom is -0.437 e. The van der Waals surface area contributed by atoms with Crippen molar-refractivity contribution in [3.05, 3.63) is 89.6 Å². The number of amides is 1. The van der Waals surface area contributed by atoms with Crippen LogP contribution in [0.5, 0.6) is 0 Å². The molecule has 4 nitrogen and oxygen atoms in total. The Hall–Kier alpha value is -2.88. The van der Waals surface area contributed by atoms with Crippen LogP contribution in [0.1, 0.15) is 40.4 Å². The Balaban J connectivity index is 1.32. The number of nitrogens with zero attached hydrogens (tertiary/aromatic N) is 2. The summed E-state index contributed by atoms with van der Waals surface area (Å²) in [6, 6.07) is 20.6. The monoisotopic (exact) mass is 360 g/mol. The molecule has 1 saturated heterocycles. The maximum atomic E-state index is 12.7. The van der Waals surface area contributed by atoms with Crippen LogP contribution < -0.4 is 0 Å². The molecule has 0 radical (unpaired) electrons. The minimum atomic E-state index is -0.0903. The van der Waals surface area contributed by atoms with Crippen LogP contribution in [0.3, 0.4) is 0 Å². The van der Waals surface area contributed by atoms with Gasteiger partial charge in [-0.25, -0.2) is 4.98 Å². The highest BCUT2D eigenvalue weighted by Gasteiger charge is 2.26. The summed E-state index contributed by atoms with van der Waals surface area (Å²) < 4.78 is 5.72. The SMILES string of the molecule is O=C(c1ncc(Cc2ccccc2)o1)N1CCC(Cc2ccccc2)CC1. The van der Waals surface area contributed by atoms with E-state index in [1.165, 1.54) is 5.56 Å². The lowest BCUT2D eigenvalue weighted by atomic mass is 9.90. The van der Waals surface area contributed by atoms with E-state index < -0.39 is 0 Å². The molecule has 4 heteroatoms. The van der Waals surface area contributed by atoms with Crippen molar-refractivity contribution < 1.29 is 9.21 Å². The maximum absolute atomic E-state index is 12.7. The molecular weight excluding hydrogens is 336 g/mol. The number of oxazole rings is 1. The van der Waals surface area contributed by atoms with Crippen LogP contribution in [0.4, 0.5) is 0 Å². The smallest absolute Gasteiger partial charge is 0.309 e. The number of hydrogen-bond donors (Lipinski definition) is 0. The predicted molar refractivity (Wildman–Crippen MR) is 105 cm³/mol. The summed E-state index contributed by atoms with van der Waals surface area (Å²) in [5.41, 5.74) is 2.52. The summed E-state index contributed by atoms with van der Waals surface area (Å²) >= 11 is 0. The molecule has 2 heterocycles. The minimum absolute atomic E-state index is 0.0903. The fourth-order valence-corrected chi connectivity index (χ4v) is 3.71. The van der Waals surface area contributed by atoms with E-state index in [2.05, 4.69) is 29.2 Å². The molecule has 1 aromatic heterocycles. The standard InChI is InChI=1S/C23H24N2O2/c26-23(22-24-17-21(27-22)16-19-9-5-2-6-10-19)25-13-11-20(12-14-25)15-18-7-3-1-4-8-18/h1-10,17,20H,11-16H2. The molecule has 1 fully saturated rings. The van der Waals surface area contributed by atoms with Gasteiger partial charge in [0.15, 0.2) is 0 Å². The van der Waals surface area contributed by atoms with Gasteiger partial charge in [0.25, 0.3) is 5.89 Å². The number of benzene rings is 2. The Kier molecular flexibility index (Phi) is 5.33. The fourth-order valence-electron chi connectivity index (χ4n) is 3.71. The van der Waals surface area contributed by atoms with Gasteiger partial charge in [-0.15, -0.1) is 0 Å². The van der Waals surface area contributed by atoms with E-state index in [1.807, 2.05) is 41.3 Å². The van der Waals surface area contributed by atoms with Crippen molar-refractivity contribution in [1.29, 1.82) is 0 Å². The van der Waals surface area contributed by atoms with Crippen LogP contribution in [-0.2, 0) is 12.8 Å². The molecule has 4 rings (SSSR count). The highest BCUT2D eigenvalue weighted by molar-refractivity contribution is 5.89. The van der Waals surface area contributed by atoms with Gasteiger partial charge >= 0.3 is 5.91 Å². The Bertz CT molecular complexity index is 866. The molecule has 2 aromatic carbocycles. The quantitative estimate of drug-likeness (QED) is 0.679. The first-order valence-corrected chi connectivity index (χ1v) is 9.60. The van der Waals surface area contributed by atoms with Gasteiger partial charge in [-0.05, 0) is 36.3 Å². The average Bonchev–Trinajstić information content (AvgIpc) is 3.18. The van der Waals surface area contributed by atoms with E-state index in [0.717, 1.165) is 43.7 Å². The Labute approximate surface area is 159 Å². The Morgan fingerprint density at radius 3 is 2.26 bits per heavy atom. The zero-order valence-electron chi connectivity index (χ0n) is 15.4. The second-order valence-corrected chi connectivity index (χ2v) is 7.22. The van der Waals surface area contributed by atoms with Gasteiger partial charge in [0.2, 0.25) is 0 Å². The highest BCUT2D eigenvalue weighted by Crippen LogP contribution is 2.23. The molecule has 138 valence electrons. The first kappa shape index (κ1) is 17.5. The lowest BCUT2D eigenvalue weighted by Gasteiger charge is -2.31. The van der Waals surface area contributed by atoms with Crippen LogP contribution in [0.15, 0.2) is 71.3 Å². The Morgan fingerprint density at radius 1 is 0.963 bits per heavy atom. The maximum Gasteiger partial charge on any atom is 0.309 e. The van der Waals surface area contributed by atoms with Gasteiger partial charge < -0.3 is 9.32 Å². The number of likely N-dealkylation sites (tertiary alicyclic amines) is 1. The van der Waals surface area contributed by atoms with Gasteiger partial charge in [-0.2, -0.15) is 0 Å². The van der Waals surface area contributed by atoms with Crippen LogP contribution in [0.2, 0.25) is 0 Å². The summed E-state index contributed by atoms with van der Waals surface area (Å²) in [6.45, 7) is 1.54. The van der Waals surface area contributed by atoms with Crippen molar-refractivity contribution >= 4 is 5.91 Å². The normalized spacial score (nSPS) is 15.0. The molecule has 3 aromatic rings. The van der Waals surface area contributed by atoms with Crippen molar-refractivity contribution in [3.8, 4) is 0 Å². The lowest BCUT2D eigenvalue weighted by Crippen LogP contribution is -2.39. The summed E-state index contributed by atoms with van der Waals surface area (Å²) in [4.78, 5) is 18.8. The van der Waals surface area contributed by atoms with E-state index in [-0.39, 0.29) is 11.8 Å². The van der Waals surface area contributed by atoms with Crippen LogP contribution in [0.25, 0.3) is 0 Å². The van der Waals surface area contributed by atoms with E-state index >= 15 is 0 Å². The number of carbonyl (C=O) groups excluding carboxylic acids is 1. The largest absolute Gasteiger partial charge is 0.437 e. The Morgan fingerprint density at radius 2 is 1.59 bits per heavy atom. The number of carbonyl (C=O) groups is 1. The molecule has 0 saturated carbocycles. The number of rotatable bonds is 5. The van der Waals surface area contributed by atoms with E-state index in [1.54, 1.807) is 6.20 Å². The highest BCUT2D eigenvalue weighted by atomic mass is 16.4. The van der Waals surface area contributed by atoms with Gasteiger partial charge in [-0.1, -0.05) is 60.7 Å². The zero-order valence-corrected chi connectivity index (χ0v) is 15.4. The number of piperidine rings is 1. The predicted octanol–water partition coefficient (Wildman–Crippen LogP) is 4.36. The van der Waals surface area contributed by atoms with Crippen molar-refractivity contribution in [3.63, 3.8) is 0 Å². The molecular formula is C23H24N2O2. The van der Waals surface area contributed by atoms with Crippen molar-refractivity contribution in [2.75, 3.05) is 13.1 Å². The molecule has 1 amide bonds. The summed E-state index contributed by atoms with van der Waals surface area (Å²) in [6.07, 6.45) is 5.46. The second kappa shape index (κ2) is 8.21. The summed E-state index contributed by atoms with van der Waals surface area (Å²) in [7, 11) is 0. The van der Waals surface area contributed by atoms with Gasteiger partial charge in [0.05, 0.1) is 6.20 Å². The first-order valence-electron chi connectivity index (χ1n) is 9.60. The first-order chi connectivity index (χ1) is 13.3. The van der Waals surface area contributed by atoms with Crippen LogP contribution in [-0.4, -0.2) is 28.9 Å². The molecule has 0 N–H and O–H groups in total. The van der Waals surface area contributed by atoms with E-state index in [0.29, 0.717) is 12.3 Å². The summed E-state index contributed by atoms with van der Waals surface area (Å²) in [5.74, 6) is 1.48. The molecule has 0 spiro atoms. The van der Waals surface area contributed by atoms with Gasteiger partial charge in [0, 0.05) is 19.5 Å². The summed E-state index contributed by atoms with van der Waals surface area (Å²) in [5, 5.41) is 0. The molecule has 0 atom stereocenters. The average molecular weight is 360 g/mol. The van der Waals surface area contributed by atoms with Gasteiger partial charge in [-0.3, -0.25) is 4.79 Å². The molecule has 1 aliphatic rings. The second-order valence-electron chi connectivity index (χ2n) is 7.22. The van der Waals surface area contributed by atoms with Crippen molar-refractivity contribution in [2.45, 2.75) is 25.7 Å². The fraction of sp³-hybridized carbons (Fsp3) is 0.304. The van der Waals surface area contributed by atoms with E-state index in [9.17, 15) is 4.79 Å². The molecule has 0 aliphatic carbocycles. The van der Waals surface area contributed by atoms with E-state index in [4.69, 9.17) is 4.42 Å². The zero-order chi connectivity index (χ0) is 18.5. The van der Waals surface area contributed by atoms with Gasteiger partial charge in [0.1, 0.15) is 5.76 Å². The number of aromatic nitrogens is 1. The third-order valence-electron chi connectivity index (χ3n) is 5.23. The molecule has 1 aliphatic heterocycles. The lowest BCUT2D eigenvalue weighted by molar-refractivity contribution is 0.0648. The third-order valence-corrected chi connectivity index (χ3v) is 5.23. The molecule has 0 unspecified atom stereocenters. The molecule has 27 heavy (non-hydrogen) atoms. The topological polar surface area (TPSA) is 46.3 Å².